The first-order valence-electron chi connectivity index (χ1n) is 7.49. The predicted octanol–water partition coefficient (Wildman–Crippen LogP) is 1.12. The minimum absolute atomic E-state index is 0.235. The molecule has 2 amide bonds. The molecule has 1 atom stereocenters. The number of carbonyl (C=O) groups is 2. The van der Waals surface area contributed by atoms with Crippen molar-refractivity contribution >= 4 is 11.8 Å². The standard InChI is InChI=1S/C16H18N4O3/c1-11-10-13(19-20(11)12-6-3-2-4-7-12)15(21)17-18-16(22)14-8-5-9-23-14/h2-4,6-7,10,14H,5,8-9H2,1H3,(H,17,21)(H,18,22). The van der Waals surface area contributed by atoms with Gasteiger partial charge in [0, 0.05) is 12.3 Å². The number of aromatic nitrogens is 2. The molecule has 1 unspecified atom stereocenters. The van der Waals surface area contributed by atoms with E-state index in [0.717, 1.165) is 17.8 Å². The zero-order valence-corrected chi connectivity index (χ0v) is 12.8. The molecule has 120 valence electrons. The van der Waals surface area contributed by atoms with Crippen LogP contribution in [0.3, 0.4) is 0 Å². The second-order valence-electron chi connectivity index (χ2n) is 5.36. The van der Waals surface area contributed by atoms with E-state index in [1.165, 1.54) is 0 Å². The summed E-state index contributed by atoms with van der Waals surface area (Å²) in [6.07, 6.45) is 1.04. The molecule has 1 fully saturated rings. The van der Waals surface area contributed by atoms with Gasteiger partial charge in [0.25, 0.3) is 11.8 Å². The van der Waals surface area contributed by atoms with Crippen molar-refractivity contribution in [3.05, 3.63) is 47.8 Å². The monoisotopic (exact) mass is 314 g/mol. The van der Waals surface area contributed by atoms with Crippen molar-refractivity contribution in [3.63, 3.8) is 0 Å². The molecule has 1 aliphatic rings. The average molecular weight is 314 g/mol. The summed E-state index contributed by atoms with van der Waals surface area (Å²) in [5.74, 6) is -0.802. The van der Waals surface area contributed by atoms with Crippen molar-refractivity contribution in [2.45, 2.75) is 25.9 Å². The smallest absolute Gasteiger partial charge is 0.290 e. The van der Waals surface area contributed by atoms with Gasteiger partial charge in [-0.3, -0.25) is 20.4 Å². The summed E-state index contributed by atoms with van der Waals surface area (Å²) in [6.45, 7) is 2.44. The fourth-order valence-electron chi connectivity index (χ4n) is 2.46. The van der Waals surface area contributed by atoms with Gasteiger partial charge in [-0.05, 0) is 38.0 Å². The van der Waals surface area contributed by atoms with E-state index in [-0.39, 0.29) is 11.6 Å². The quantitative estimate of drug-likeness (QED) is 0.832. The van der Waals surface area contributed by atoms with Gasteiger partial charge < -0.3 is 4.74 Å². The Labute approximate surface area is 133 Å². The summed E-state index contributed by atoms with van der Waals surface area (Å²) in [5, 5.41) is 4.28. The topological polar surface area (TPSA) is 85.2 Å². The third kappa shape index (κ3) is 3.40. The number of nitrogens with zero attached hydrogens (tertiary/aromatic N) is 2. The molecule has 1 aromatic carbocycles. The first-order chi connectivity index (χ1) is 11.1. The number of rotatable bonds is 3. The number of benzene rings is 1. The van der Waals surface area contributed by atoms with E-state index in [0.29, 0.717) is 13.0 Å². The van der Waals surface area contributed by atoms with Crippen LogP contribution in [0.4, 0.5) is 0 Å². The lowest BCUT2D eigenvalue weighted by Gasteiger charge is -2.10. The third-order valence-corrected chi connectivity index (χ3v) is 3.64. The van der Waals surface area contributed by atoms with Gasteiger partial charge >= 0.3 is 0 Å². The van der Waals surface area contributed by atoms with Crippen LogP contribution in [0.25, 0.3) is 5.69 Å². The third-order valence-electron chi connectivity index (χ3n) is 3.64. The number of hydrogen-bond donors (Lipinski definition) is 2. The van der Waals surface area contributed by atoms with Crippen molar-refractivity contribution in [1.29, 1.82) is 0 Å². The van der Waals surface area contributed by atoms with Gasteiger partial charge in [0.15, 0.2) is 5.69 Å². The normalized spacial score (nSPS) is 17.0. The lowest BCUT2D eigenvalue weighted by molar-refractivity contribution is -0.130. The number of para-hydroxylation sites is 1. The van der Waals surface area contributed by atoms with Gasteiger partial charge in [-0.15, -0.1) is 0 Å². The van der Waals surface area contributed by atoms with Crippen LogP contribution in [-0.2, 0) is 9.53 Å². The number of carbonyl (C=O) groups excluding carboxylic acids is 2. The fraction of sp³-hybridized carbons (Fsp3) is 0.312. The molecule has 0 saturated carbocycles. The van der Waals surface area contributed by atoms with Gasteiger partial charge in [0.2, 0.25) is 0 Å². The first kappa shape index (κ1) is 15.2. The minimum Gasteiger partial charge on any atom is -0.368 e. The number of nitrogens with one attached hydrogen (secondary N) is 2. The van der Waals surface area contributed by atoms with Crippen LogP contribution in [0.2, 0.25) is 0 Å². The van der Waals surface area contributed by atoms with Gasteiger partial charge in [0.1, 0.15) is 6.10 Å². The molecule has 2 N–H and O–H groups in total. The lowest BCUT2D eigenvalue weighted by atomic mass is 10.2. The molecule has 3 rings (SSSR count). The predicted molar refractivity (Wildman–Crippen MR) is 82.9 cm³/mol. The Bertz CT molecular complexity index is 705. The average Bonchev–Trinajstić information content (AvgIpc) is 3.23. The van der Waals surface area contributed by atoms with Crippen LogP contribution in [0.5, 0.6) is 0 Å². The Morgan fingerprint density at radius 2 is 2.04 bits per heavy atom. The van der Waals surface area contributed by atoms with Crippen molar-refractivity contribution in [1.82, 2.24) is 20.6 Å². The fourth-order valence-corrected chi connectivity index (χ4v) is 2.46. The van der Waals surface area contributed by atoms with E-state index in [4.69, 9.17) is 4.74 Å². The highest BCUT2D eigenvalue weighted by Gasteiger charge is 2.24. The highest BCUT2D eigenvalue weighted by Crippen LogP contribution is 2.12. The van der Waals surface area contributed by atoms with Crippen LogP contribution >= 0.6 is 0 Å². The molecule has 0 bridgehead atoms. The zero-order chi connectivity index (χ0) is 16.2. The number of hydrazine groups is 1. The molecule has 1 aliphatic heterocycles. The molecule has 0 aliphatic carbocycles. The second-order valence-corrected chi connectivity index (χ2v) is 5.36. The SMILES string of the molecule is Cc1cc(C(=O)NNC(=O)C2CCCO2)nn1-c1ccccc1. The van der Waals surface area contributed by atoms with Gasteiger partial charge in [-0.25, -0.2) is 4.68 Å². The Morgan fingerprint density at radius 3 is 2.74 bits per heavy atom. The van der Waals surface area contributed by atoms with Crippen LogP contribution in [-0.4, -0.2) is 34.3 Å². The Kier molecular flexibility index (Phi) is 4.38. The molecule has 0 radical (unpaired) electrons. The minimum atomic E-state index is -0.487. The van der Waals surface area contributed by atoms with Crippen molar-refractivity contribution in [3.8, 4) is 5.69 Å². The van der Waals surface area contributed by atoms with Crippen molar-refractivity contribution in [2.24, 2.45) is 0 Å². The summed E-state index contributed by atoms with van der Waals surface area (Å²) >= 11 is 0. The zero-order valence-electron chi connectivity index (χ0n) is 12.8. The van der Waals surface area contributed by atoms with Crippen LogP contribution in [0.15, 0.2) is 36.4 Å². The Hall–Kier alpha value is -2.67. The van der Waals surface area contributed by atoms with Crippen molar-refractivity contribution in [2.75, 3.05) is 6.61 Å². The second kappa shape index (κ2) is 6.62. The molecule has 7 nitrogen and oxygen atoms in total. The largest absolute Gasteiger partial charge is 0.368 e. The van der Waals surface area contributed by atoms with Gasteiger partial charge in [0.05, 0.1) is 5.69 Å². The van der Waals surface area contributed by atoms with E-state index >= 15 is 0 Å². The summed E-state index contributed by atoms with van der Waals surface area (Å²) in [4.78, 5) is 23.9. The van der Waals surface area contributed by atoms with E-state index in [9.17, 15) is 9.59 Å². The molecule has 1 aromatic heterocycles. The van der Waals surface area contributed by atoms with Crippen molar-refractivity contribution < 1.29 is 14.3 Å². The maximum absolute atomic E-state index is 12.1. The molecule has 7 heteroatoms. The van der Waals surface area contributed by atoms with Gasteiger partial charge in [-0.1, -0.05) is 18.2 Å². The summed E-state index contributed by atoms with van der Waals surface area (Å²) in [7, 11) is 0. The number of hydrogen-bond acceptors (Lipinski definition) is 4. The van der Waals surface area contributed by atoms with E-state index in [1.54, 1.807) is 10.7 Å². The van der Waals surface area contributed by atoms with Crippen LogP contribution in [0, 0.1) is 6.92 Å². The van der Waals surface area contributed by atoms with E-state index in [2.05, 4.69) is 16.0 Å². The van der Waals surface area contributed by atoms with E-state index in [1.807, 2.05) is 37.3 Å². The molecular weight excluding hydrogens is 296 g/mol. The summed E-state index contributed by atoms with van der Waals surface area (Å²) in [6, 6.07) is 11.2. The highest BCUT2D eigenvalue weighted by molar-refractivity contribution is 5.94. The lowest BCUT2D eigenvalue weighted by Crippen LogP contribution is -2.46. The molecule has 0 spiro atoms. The number of aryl methyl sites for hydroxylation is 1. The Morgan fingerprint density at radius 1 is 1.26 bits per heavy atom. The summed E-state index contributed by atoms with van der Waals surface area (Å²) in [5.41, 5.74) is 6.68. The molecule has 23 heavy (non-hydrogen) atoms. The number of amides is 2. The molecule has 2 heterocycles. The number of ether oxygens (including phenoxy) is 1. The van der Waals surface area contributed by atoms with Crippen LogP contribution in [0.1, 0.15) is 29.0 Å². The maximum Gasteiger partial charge on any atom is 0.290 e. The van der Waals surface area contributed by atoms with Gasteiger partial charge in [-0.2, -0.15) is 5.10 Å². The molecule has 1 saturated heterocycles. The maximum atomic E-state index is 12.1. The van der Waals surface area contributed by atoms with Crippen LogP contribution < -0.4 is 10.9 Å². The Balaban J connectivity index is 1.65. The molecule has 2 aromatic rings. The first-order valence-corrected chi connectivity index (χ1v) is 7.49. The summed E-state index contributed by atoms with van der Waals surface area (Å²) < 4.78 is 6.93. The molecular formula is C16H18N4O3. The highest BCUT2D eigenvalue weighted by atomic mass is 16.5. The van der Waals surface area contributed by atoms with E-state index < -0.39 is 12.0 Å².